The summed E-state index contributed by atoms with van der Waals surface area (Å²) >= 11 is 0. The van der Waals surface area contributed by atoms with Gasteiger partial charge in [0.2, 0.25) is 5.91 Å². The number of carbonyl (C=O) groups excluding carboxylic acids is 1. The normalized spacial score (nSPS) is 19.1. The summed E-state index contributed by atoms with van der Waals surface area (Å²) in [5.74, 6) is 0.0676. The highest BCUT2D eigenvalue weighted by atomic mass is 16.2. The van der Waals surface area contributed by atoms with Gasteiger partial charge in [0, 0.05) is 26.2 Å². The van der Waals surface area contributed by atoms with E-state index in [4.69, 9.17) is 5.73 Å². The molecule has 1 aliphatic heterocycles. The molecule has 0 unspecified atom stereocenters. The van der Waals surface area contributed by atoms with Gasteiger partial charge in [0.15, 0.2) is 0 Å². The average molecular weight is 255 g/mol. The number of nitrogens with zero attached hydrogens (tertiary/aromatic N) is 2. The van der Waals surface area contributed by atoms with Crippen LogP contribution in [-0.4, -0.2) is 54.0 Å². The van der Waals surface area contributed by atoms with E-state index in [1.54, 1.807) is 13.8 Å². The van der Waals surface area contributed by atoms with Crippen LogP contribution in [0.5, 0.6) is 0 Å². The van der Waals surface area contributed by atoms with Crippen LogP contribution in [0.2, 0.25) is 0 Å². The Balaban J connectivity index is 2.35. The first-order valence-corrected chi connectivity index (χ1v) is 6.90. The fourth-order valence-corrected chi connectivity index (χ4v) is 2.08. The monoisotopic (exact) mass is 255 g/mol. The lowest BCUT2D eigenvalue weighted by Crippen LogP contribution is -2.57. The van der Waals surface area contributed by atoms with Crippen LogP contribution in [0.15, 0.2) is 0 Å². The van der Waals surface area contributed by atoms with Crippen LogP contribution >= 0.6 is 0 Å². The molecule has 4 heteroatoms. The molecule has 18 heavy (non-hydrogen) atoms. The third kappa shape index (κ3) is 4.94. The van der Waals surface area contributed by atoms with Gasteiger partial charge >= 0.3 is 0 Å². The summed E-state index contributed by atoms with van der Waals surface area (Å²) in [5.41, 5.74) is 5.49. The zero-order valence-corrected chi connectivity index (χ0v) is 12.6. The van der Waals surface area contributed by atoms with Crippen LogP contribution in [0.1, 0.15) is 41.0 Å². The highest BCUT2D eigenvalue weighted by molar-refractivity contribution is 5.85. The molecule has 0 bridgehead atoms. The fraction of sp³-hybridized carbons (Fsp3) is 0.929. The van der Waals surface area contributed by atoms with Crippen molar-refractivity contribution in [2.24, 2.45) is 11.1 Å². The van der Waals surface area contributed by atoms with Crippen molar-refractivity contribution in [3.63, 3.8) is 0 Å². The largest absolute Gasteiger partial charge is 0.339 e. The summed E-state index contributed by atoms with van der Waals surface area (Å²) in [4.78, 5) is 16.4. The van der Waals surface area contributed by atoms with Crippen LogP contribution in [0.3, 0.4) is 0 Å². The van der Waals surface area contributed by atoms with Crippen molar-refractivity contribution in [1.82, 2.24) is 9.80 Å². The molecule has 2 N–H and O–H groups in total. The molecule has 0 aromatic heterocycles. The number of hydrogen-bond donors (Lipinski definition) is 1. The Hall–Kier alpha value is -0.610. The van der Waals surface area contributed by atoms with Gasteiger partial charge in [0.1, 0.15) is 0 Å². The van der Waals surface area contributed by atoms with E-state index in [0.717, 1.165) is 32.7 Å². The second-order valence-corrected chi connectivity index (χ2v) is 7.17. The minimum absolute atomic E-state index is 0.0676. The number of nitrogens with two attached hydrogens (primary N) is 1. The molecule has 0 spiro atoms. The SMILES string of the molecule is CC(C)(C)CCN1CCN(C(=O)C(C)(C)N)CC1. The summed E-state index contributed by atoms with van der Waals surface area (Å²) in [6.45, 7) is 15.0. The molecular weight excluding hydrogens is 226 g/mol. The molecule has 1 fully saturated rings. The third-order valence-electron chi connectivity index (χ3n) is 3.39. The molecule has 0 aromatic carbocycles. The molecule has 1 amide bonds. The van der Waals surface area contributed by atoms with E-state index in [1.165, 1.54) is 6.42 Å². The summed E-state index contributed by atoms with van der Waals surface area (Å²) in [5, 5.41) is 0. The maximum atomic E-state index is 12.0. The summed E-state index contributed by atoms with van der Waals surface area (Å²) < 4.78 is 0. The number of rotatable bonds is 3. The Labute approximate surface area is 111 Å². The van der Waals surface area contributed by atoms with Gasteiger partial charge in [-0.05, 0) is 32.2 Å². The molecule has 0 radical (unpaired) electrons. The third-order valence-corrected chi connectivity index (χ3v) is 3.39. The van der Waals surface area contributed by atoms with E-state index in [0.29, 0.717) is 5.41 Å². The van der Waals surface area contributed by atoms with Gasteiger partial charge in [-0.3, -0.25) is 9.69 Å². The van der Waals surface area contributed by atoms with Gasteiger partial charge in [-0.2, -0.15) is 0 Å². The highest BCUT2D eigenvalue weighted by Crippen LogP contribution is 2.19. The molecular formula is C14H29N3O. The molecule has 1 rings (SSSR count). The van der Waals surface area contributed by atoms with E-state index < -0.39 is 5.54 Å². The maximum absolute atomic E-state index is 12.0. The van der Waals surface area contributed by atoms with Crippen molar-refractivity contribution < 1.29 is 4.79 Å². The van der Waals surface area contributed by atoms with Crippen LogP contribution < -0.4 is 5.73 Å². The van der Waals surface area contributed by atoms with Gasteiger partial charge < -0.3 is 10.6 Å². The Bertz CT molecular complexity index is 280. The molecule has 0 aromatic rings. The lowest BCUT2D eigenvalue weighted by Gasteiger charge is -2.38. The van der Waals surface area contributed by atoms with Gasteiger partial charge in [0.25, 0.3) is 0 Å². The molecule has 1 heterocycles. The predicted octanol–water partition coefficient (Wildman–Crippen LogP) is 1.30. The van der Waals surface area contributed by atoms with E-state index in [9.17, 15) is 4.79 Å². The van der Waals surface area contributed by atoms with Crippen LogP contribution in [-0.2, 0) is 4.79 Å². The smallest absolute Gasteiger partial charge is 0.242 e. The van der Waals surface area contributed by atoms with Gasteiger partial charge in [-0.1, -0.05) is 20.8 Å². The zero-order chi connectivity index (χ0) is 14.0. The molecule has 1 saturated heterocycles. The number of hydrogen-bond acceptors (Lipinski definition) is 3. The van der Waals surface area contributed by atoms with Crippen LogP contribution in [0.4, 0.5) is 0 Å². The topological polar surface area (TPSA) is 49.6 Å². The lowest BCUT2D eigenvalue weighted by molar-refractivity contribution is -0.137. The Kier molecular flexibility index (Phi) is 4.78. The second kappa shape index (κ2) is 5.57. The summed E-state index contributed by atoms with van der Waals surface area (Å²) in [7, 11) is 0. The van der Waals surface area contributed by atoms with Crippen molar-refractivity contribution in [2.45, 2.75) is 46.6 Å². The highest BCUT2D eigenvalue weighted by Gasteiger charge is 2.30. The van der Waals surface area contributed by atoms with Gasteiger partial charge in [-0.25, -0.2) is 0 Å². The Morgan fingerprint density at radius 3 is 1.94 bits per heavy atom. The molecule has 0 atom stereocenters. The fourth-order valence-electron chi connectivity index (χ4n) is 2.08. The molecule has 106 valence electrons. The standard InChI is InChI=1S/C14H29N3O/c1-13(2,3)6-7-16-8-10-17(11-9-16)12(18)14(4,5)15/h6-11,15H2,1-5H3. The number of amides is 1. The van der Waals surface area contributed by atoms with Gasteiger partial charge in [0.05, 0.1) is 5.54 Å². The minimum atomic E-state index is -0.742. The first-order valence-electron chi connectivity index (χ1n) is 6.90. The van der Waals surface area contributed by atoms with Crippen molar-refractivity contribution in [2.75, 3.05) is 32.7 Å². The lowest BCUT2D eigenvalue weighted by atomic mass is 9.92. The van der Waals surface area contributed by atoms with E-state index >= 15 is 0 Å². The number of carbonyl (C=O) groups is 1. The quantitative estimate of drug-likeness (QED) is 0.827. The predicted molar refractivity (Wildman–Crippen MR) is 75.4 cm³/mol. The molecule has 1 aliphatic rings. The van der Waals surface area contributed by atoms with Crippen LogP contribution in [0, 0.1) is 5.41 Å². The Morgan fingerprint density at radius 2 is 1.56 bits per heavy atom. The van der Waals surface area contributed by atoms with Crippen molar-refractivity contribution in [3.05, 3.63) is 0 Å². The van der Waals surface area contributed by atoms with Crippen molar-refractivity contribution >= 4 is 5.91 Å². The Morgan fingerprint density at radius 1 is 1.06 bits per heavy atom. The van der Waals surface area contributed by atoms with E-state index in [2.05, 4.69) is 25.7 Å². The first kappa shape index (κ1) is 15.4. The second-order valence-electron chi connectivity index (χ2n) is 7.17. The van der Waals surface area contributed by atoms with Gasteiger partial charge in [-0.15, -0.1) is 0 Å². The van der Waals surface area contributed by atoms with Crippen molar-refractivity contribution in [3.8, 4) is 0 Å². The minimum Gasteiger partial charge on any atom is -0.339 e. The summed E-state index contributed by atoms with van der Waals surface area (Å²) in [6.07, 6.45) is 1.20. The van der Waals surface area contributed by atoms with E-state index in [-0.39, 0.29) is 5.91 Å². The van der Waals surface area contributed by atoms with Crippen LogP contribution in [0.25, 0.3) is 0 Å². The molecule has 4 nitrogen and oxygen atoms in total. The van der Waals surface area contributed by atoms with Crippen molar-refractivity contribution in [1.29, 1.82) is 0 Å². The summed E-state index contributed by atoms with van der Waals surface area (Å²) in [6, 6.07) is 0. The zero-order valence-electron chi connectivity index (χ0n) is 12.6. The molecule has 0 saturated carbocycles. The maximum Gasteiger partial charge on any atom is 0.242 e. The number of piperazine rings is 1. The average Bonchev–Trinajstić information content (AvgIpc) is 2.24. The first-order chi connectivity index (χ1) is 8.09. The van der Waals surface area contributed by atoms with E-state index in [1.807, 2.05) is 4.90 Å². The molecule has 0 aliphatic carbocycles.